The molecule has 0 heterocycles. The van der Waals surface area contributed by atoms with Crippen molar-refractivity contribution < 1.29 is 4.79 Å². The van der Waals surface area contributed by atoms with E-state index in [1.54, 1.807) is 0 Å². The molecule has 0 saturated heterocycles. The molecule has 66 valence electrons. The molecule has 0 amide bonds. The monoisotopic (exact) mass is 194 g/mol. The molecule has 0 radical (unpaired) electrons. The van der Waals surface area contributed by atoms with E-state index in [9.17, 15) is 4.79 Å². The molecule has 0 fully saturated rings. The Labute approximate surface area is 80.7 Å². The second-order valence-corrected chi connectivity index (χ2v) is 2.93. The lowest BCUT2D eigenvalue weighted by molar-refractivity contribution is 0.101. The van der Waals surface area contributed by atoms with E-state index in [4.69, 9.17) is 22.6 Å². The molecule has 0 bridgehead atoms. The molecule has 1 rings (SSSR count). The Hall–Kier alpha value is -1.53. The summed E-state index contributed by atoms with van der Waals surface area (Å²) in [6.45, 7) is 1.40. The van der Waals surface area contributed by atoms with Gasteiger partial charge < -0.3 is 5.73 Å². The normalized spacial score (nSPS) is 9.31. The molecule has 3 nitrogen and oxygen atoms in total. The van der Waals surface area contributed by atoms with Gasteiger partial charge in [0.05, 0.1) is 16.3 Å². The Bertz CT molecular complexity index is 407. The summed E-state index contributed by atoms with van der Waals surface area (Å²) in [7, 11) is 0. The fraction of sp³-hybridized carbons (Fsp3) is 0.111. The first-order valence-electron chi connectivity index (χ1n) is 3.57. The summed E-state index contributed by atoms with van der Waals surface area (Å²) >= 11 is 5.74. The number of anilines is 1. The Balaban J connectivity index is 3.42. The standard InChI is InChI=1S/C9H7ClN2O/c1-5(13)7-3-2-6(4-11)8(10)9(7)12/h2-3H,12H2,1H3. The van der Waals surface area contributed by atoms with Crippen LogP contribution < -0.4 is 5.73 Å². The number of nitriles is 1. The summed E-state index contributed by atoms with van der Waals surface area (Å²) in [6.07, 6.45) is 0. The van der Waals surface area contributed by atoms with Crippen LogP contribution in [-0.2, 0) is 0 Å². The lowest BCUT2D eigenvalue weighted by Gasteiger charge is -2.04. The summed E-state index contributed by atoms with van der Waals surface area (Å²) in [4.78, 5) is 11.0. The predicted molar refractivity (Wildman–Crippen MR) is 50.6 cm³/mol. The van der Waals surface area contributed by atoms with Crippen molar-refractivity contribution in [3.05, 3.63) is 28.3 Å². The highest BCUT2D eigenvalue weighted by Gasteiger charge is 2.10. The highest BCUT2D eigenvalue weighted by atomic mass is 35.5. The fourth-order valence-electron chi connectivity index (χ4n) is 0.986. The van der Waals surface area contributed by atoms with Crippen LogP contribution in [0.5, 0.6) is 0 Å². The van der Waals surface area contributed by atoms with Gasteiger partial charge in [-0.25, -0.2) is 0 Å². The third-order valence-electron chi connectivity index (χ3n) is 1.68. The maximum atomic E-state index is 11.0. The van der Waals surface area contributed by atoms with Crippen molar-refractivity contribution in [1.82, 2.24) is 0 Å². The summed E-state index contributed by atoms with van der Waals surface area (Å²) in [5.74, 6) is -0.163. The predicted octanol–water partition coefficient (Wildman–Crippen LogP) is 2.00. The molecular formula is C9H7ClN2O. The Morgan fingerprint density at radius 2 is 2.23 bits per heavy atom. The number of hydrogen-bond donors (Lipinski definition) is 1. The molecule has 13 heavy (non-hydrogen) atoms. The molecule has 0 unspecified atom stereocenters. The van der Waals surface area contributed by atoms with Crippen molar-refractivity contribution in [2.45, 2.75) is 6.92 Å². The van der Waals surface area contributed by atoms with Gasteiger partial charge >= 0.3 is 0 Å². The van der Waals surface area contributed by atoms with Crippen molar-refractivity contribution in [3.63, 3.8) is 0 Å². The molecule has 1 aromatic rings. The van der Waals surface area contributed by atoms with Gasteiger partial charge in [0.2, 0.25) is 0 Å². The largest absolute Gasteiger partial charge is 0.397 e. The number of halogens is 1. The van der Waals surface area contributed by atoms with Crippen LogP contribution in [0.3, 0.4) is 0 Å². The van der Waals surface area contributed by atoms with Gasteiger partial charge in [-0.15, -0.1) is 0 Å². The van der Waals surface area contributed by atoms with E-state index in [2.05, 4.69) is 0 Å². The minimum Gasteiger partial charge on any atom is -0.397 e. The van der Waals surface area contributed by atoms with E-state index in [1.165, 1.54) is 19.1 Å². The number of carbonyl (C=O) groups excluding carboxylic acids is 1. The van der Waals surface area contributed by atoms with Crippen molar-refractivity contribution in [2.24, 2.45) is 0 Å². The minimum atomic E-state index is -0.163. The maximum absolute atomic E-state index is 11.0. The summed E-state index contributed by atoms with van der Waals surface area (Å²) in [6, 6.07) is 4.86. The fourth-order valence-corrected chi connectivity index (χ4v) is 1.19. The topological polar surface area (TPSA) is 66.9 Å². The lowest BCUT2D eigenvalue weighted by atomic mass is 10.1. The van der Waals surface area contributed by atoms with Gasteiger partial charge in [-0.3, -0.25) is 4.79 Å². The van der Waals surface area contributed by atoms with Crippen LogP contribution in [0.2, 0.25) is 5.02 Å². The molecule has 0 spiro atoms. The first kappa shape index (κ1) is 9.56. The van der Waals surface area contributed by atoms with E-state index in [0.717, 1.165) is 0 Å². The zero-order chi connectivity index (χ0) is 10.0. The van der Waals surface area contributed by atoms with E-state index in [1.807, 2.05) is 6.07 Å². The summed E-state index contributed by atoms with van der Waals surface area (Å²) in [5.41, 5.74) is 6.36. The van der Waals surface area contributed by atoms with Gasteiger partial charge in [-0.1, -0.05) is 11.6 Å². The number of nitrogen functional groups attached to an aromatic ring is 1. The number of hydrogen-bond acceptors (Lipinski definition) is 3. The van der Waals surface area contributed by atoms with Crippen molar-refractivity contribution in [2.75, 3.05) is 5.73 Å². The van der Waals surface area contributed by atoms with E-state index in [0.29, 0.717) is 5.56 Å². The minimum absolute atomic E-state index is 0.148. The van der Waals surface area contributed by atoms with Crippen molar-refractivity contribution in [3.8, 4) is 6.07 Å². The van der Waals surface area contributed by atoms with Crippen LogP contribution in [0.15, 0.2) is 12.1 Å². The van der Waals surface area contributed by atoms with Gasteiger partial charge in [0.15, 0.2) is 5.78 Å². The first-order valence-corrected chi connectivity index (χ1v) is 3.94. The Kier molecular flexibility index (Phi) is 2.54. The summed E-state index contributed by atoms with van der Waals surface area (Å²) in [5, 5.41) is 8.75. The molecule has 0 saturated carbocycles. The second kappa shape index (κ2) is 3.46. The average Bonchev–Trinajstić information content (AvgIpc) is 2.09. The van der Waals surface area contributed by atoms with Crippen LogP contribution in [0.25, 0.3) is 0 Å². The molecule has 0 aliphatic heterocycles. The number of nitrogens with zero attached hydrogens (tertiary/aromatic N) is 1. The van der Waals surface area contributed by atoms with E-state index in [-0.39, 0.29) is 22.1 Å². The molecule has 2 N–H and O–H groups in total. The quantitative estimate of drug-likeness (QED) is 0.549. The molecule has 0 aliphatic rings. The molecule has 0 aromatic heterocycles. The number of ketones is 1. The average molecular weight is 195 g/mol. The number of benzene rings is 1. The lowest BCUT2D eigenvalue weighted by Crippen LogP contribution is -2.01. The highest BCUT2D eigenvalue weighted by Crippen LogP contribution is 2.26. The maximum Gasteiger partial charge on any atom is 0.161 e. The van der Waals surface area contributed by atoms with Gasteiger partial charge in [0.25, 0.3) is 0 Å². The molecule has 0 aliphatic carbocycles. The van der Waals surface area contributed by atoms with Crippen LogP contribution in [0.4, 0.5) is 5.69 Å². The highest BCUT2D eigenvalue weighted by molar-refractivity contribution is 6.35. The zero-order valence-electron chi connectivity index (χ0n) is 6.97. The van der Waals surface area contributed by atoms with Gasteiger partial charge in [0, 0.05) is 5.56 Å². The van der Waals surface area contributed by atoms with Gasteiger partial charge in [-0.05, 0) is 19.1 Å². The Morgan fingerprint density at radius 1 is 1.62 bits per heavy atom. The number of carbonyl (C=O) groups is 1. The number of Topliss-reactive ketones (excluding diaryl/α,β-unsaturated/α-hetero) is 1. The van der Waals surface area contributed by atoms with E-state index < -0.39 is 0 Å². The van der Waals surface area contributed by atoms with Crippen LogP contribution in [0.1, 0.15) is 22.8 Å². The van der Waals surface area contributed by atoms with Gasteiger partial charge in [-0.2, -0.15) is 5.26 Å². The van der Waals surface area contributed by atoms with Crippen molar-refractivity contribution in [1.29, 1.82) is 5.26 Å². The van der Waals surface area contributed by atoms with Crippen molar-refractivity contribution >= 4 is 23.1 Å². The molecule has 0 atom stereocenters. The molecule has 1 aromatic carbocycles. The van der Waals surface area contributed by atoms with Crippen LogP contribution in [-0.4, -0.2) is 5.78 Å². The number of nitrogens with two attached hydrogens (primary N) is 1. The Morgan fingerprint density at radius 3 is 2.69 bits per heavy atom. The zero-order valence-corrected chi connectivity index (χ0v) is 7.72. The molecule has 4 heteroatoms. The first-order chi connectivity index (χ1) is 6.07. The number of rotatable bonds is 1. The van der Waals surface area contributed by atoms with Crippen LogP contribution >= 0.6 is 11.6 Å². The van der Waals surface area contributed by atoms with Crippen LogP contribution in [0, 0.1) is 11.3 Å². The third kappa shape index (κ3) is 1.63. The molecular weight excluding hydrogens is 188 g/mol. The second-order valence-electron chi connectivity index (χ2n) is 2.56. The summed E-state index contributed by atoms with van der Waals surface area (Å²) < 4.78 is 0. The third-order valence-corrected chi connectivity index (χ3v) is 2.09. The SMILES string of the molecule is CC(=O)c1ccc(C#N)c(Cl)c1N. The smallest absolute Gasteiger partial charge is 0.161 e. The van der Waals surface area contributed by atoms with E-state index >= 15 is 0 Å². The van der Waals surface area contributed by atoms with Gasteiger partial charge in [0.1, 0.15) is 6.07 Å².